The molecule has 0 aliphatic carbocycles. The van der Waals surface area contributed by atoms with Gasteiger partial charge in [-0.05, 0) is 18.4 Å². The maximum atomic E-state index is 5.87. The smallest absolute Gasteiger partial charge is 0.179 e. The molecule has 0 fully saturated rings. The minimum atomic E-state index is 0.415. The van der Waals surface area contributed by atoms with Crippen LogP contribution < -0.4 is 0 Å². The summed E-state index contributed by atoms with van der Waals surface area (Å²) in [4.78, 5) is 12.5. The van der Waals surface area contributed by atoms with Gasteiger partial charge in [0.25, 0.3) is 0 Å². The van der Waals surface area contributed by atoms with Crippen molar-refractivity contribution in [1.29, 1.82) is 0 Å². The van der Waals surface area contributed by atoms with Gasteiger partial charge >= 0.3 is 0 Å². The maximum Gasteiger partial charge on any atom is 0.179 e. The van der Waals surface area contributed by atoms with Gasteiger partial charge in [-0.2, -0.15) is 0 Å². The second-order valence-electron chi connectivity index (χ2n) is 2.37. The molecule has 2 heterocycles. The van der Waals surface area contributed by atoms with E-state index in [0.29, 0.717) is 10.8 Å². The van der Waals surface area contributed by atoms with Crippen LogP contribution in [0.2, 0.25) is 5.15 Å². The SMILES string of the molecule is CSc1nc2cccnc2nc1Cl. The van der Waals surface area contributed by atoms with E-state index in [1.54, 1.807) is 6.20 Å². The van der Waals surface area contributed by atoms with Crippen molar-refractivity contribution in [1.82, 2.24) is 15.0 Å². The second-order valence-corrected chi connectivity index (χ2v) is 3.52. The lowest BCUT2D eigenvalue weighted by Crippen LogP contribution is -1.90. The van der Waals surface area contributed by atoms with Crippen molar-refractivity contribution < 1.29 is 0 Å². The Hall–Kier alpha value is -0.870. The summed E-state index contributed by atoms with van der Waals surface area (Å²) in [6.07, 6.45) is 3.59. The lowest BCUT2D eigenvalue weighted by atomic mass is 10.4. The lowest BCUT2D eigenvalue weighted by Gasteiger charge is -2.00. The molecule has 0 unspecified atom stereocenters. The maximum absolute atomic E-state index is 5.87. The minimum Gasteiger partial charge on any atom is -0.235 e. The molecule has 2 aromatic heterocycles. The number of aromatic nitrogens is 3. The quantitative estimate of drug-likeness (QED) is 0.679. The minimum absolute atomic E-state index is 0.415. The Bertz CT molecular complexity index is 446. The first kappa shape index (κ1) is 8.72. The van der Waals surface area contributed by atoms with Crippen LogP contribution in [0.3, 0.4) is 0 Å². The zero-order valence-electron chi connectivity index (χ0n) is 6.86. The summed E-state index contributed by atoms with van der Waals surface area (Å²) in [6.45, 7) is 0. The largest absolute Gasteiger partial charge is 0.235 e. The van der Waals surface area contributed by atoms with Crippen LogP contribution in [0.15, 0.2) is 23.4 Å². The van der Waals surface area contributed by atoms with Crippen LogP contribution in [-0.4, -0.2) is 21.2 Å². The van der Waals surface area contributed by atoms with E-state index < -0.39 is 0 Å². The molecule has 0 spiro atoms. The van der Waals surface area contributed by atoms with E-state index in [0.717, 1.165) is 10.5 Å². The molecule has 0 saturated heterocycles. The van der Waals surface area contributed by atoms with Gasteiger partial charge in [0.15, 0.2) is 10.8 Å². The molecular weight excluding hydrogens is 206 g/mol. The average Bonchev–Trinajstić information content (AvgIpc) is 2.17. The molecule has 5 heteroatoms. The van der Waals surface area contributed by atoms with Crippen molar-refractivity contribution >= 4 is 34.5 Å². The Kier molecular flexibility index (Phi) is 2.33. The number of pyridine rings is 1. The molecule has 0 aromatic carbocycles. The van der Waals surface area contributed by atoms with Crippen LogP contribution in [0.1, 0.15) is 0 Å². The summed E-state index contributed by atoms with van der Waals surface area (Å²) in [7, 11) is 0. The first-order valence-corrected chi connectivity index (χ1v) is 5.24. The van der Waals surface area contributed by atoms with Crippen LogP contribution in [0, 0.1) is 0 Å². The fourth-order valence-electron chi connectivity index (χ4n) is 0.988. The molecule has 0 saturated carbocycles. The fourth-order valence-corrected chi connectivity index (χ4v) is 1.75. The molecule has 2 aromatic rings. The van der Waals surface area contributed by atoms with Crippen LogP contribution in [0.5, 0.6) is 0 Å². The first-order chi connectivity index (χ1) is 6.31. The molecule has 0 bridgehead atoms. The number of hydrogen-bond acceptors (Lipinski definition) is 4. The normalized spacial score (nSPS) is 10.6. The number of hydrogen-bond donors (Lipinski definition) is 0. The van der Waals surface area contributed by atoms with Gasteiger partial charge in [0, 0.05) is 6.20 Å². The molecule has 0 aliphatic heterocycles. The van der Waals surface area contributed by atoms with Crippen LogP contribution in [0.25, 0.3) is 11.2 Å². The number of nitrogens with zero attached hydrogens (tertiary/aromatic N) is 3. The van der Waals surface area contributed by atoms with Gasteiger partial charge in [-0.3, -0.25) is 0 Å². The summed E-state index contributed by atoms with van der Waals surface area (Å²) < 4.78 is 0. The zero-order valence-corrected chi connectivity index (χ0v) is 8.43. The molecule has 0 aliphatic rings. The van der Waals surface area contributed by atoms with Gasteiger partial charge in [0.2, 0.25) is 0 Å². The van der Waals surface area contributed by atoms with Gasteiger partial charge in [0.05, 0.1) is 0 Å². The fraction of sp³-hybridized carbons (Fsp3) is 0.125. The number of halogens is 1. The Balaban J connectivity index is 2.74. The summed E-state index contributed by atoms with van der Waals surface area (Å²) in [6, 6.07) is 3.69. The Morgan fingerprint density at radius 2 is 2.23 bits per heavy atom. The van der Waals surface area contributed by atoms with Crippen molar-refractivity contribution in [2.75, 3.05) is 6.26 Å². The zero-order chi connectivity index (χ0) is 9.26. The Morgan fingerprint density at radius 3 is 3.00 bits per heavy atom. The van der Waals surface area contributed by atoms with Gasteiger partial charge in [-0.15, -0.1) is 11.8 Å². The third-order valence-corrected chi connectivity index (χ3v) is 2.61. The third-order valence-electron chi connectivity index (χ3n) is 1.56. The number of thioether (sulfide) groups is 1. The average molecular weight is 212 g/mol. The molecule has 0 atom stereocenters. The van der Waals surface area contributed by atoms with E-state index >= 15 is 0 Å². The van der Waals surface area contributed by atoms with Crippen molar-refractivity contribution in [3.05, 3.63) is 23.5 Å². The predicted octanol–water partition coefficient (Wildman–Crippen LogP) is 2.40. The highest BCUT2D eigenvalue weighted by atomic mass is 35.5. The topological polar surface area (TPSA) is 38.7 Å². The van der Waals surface area contributed by atoms with Crippen molar-refractivity contribution in [2.45, 2.75) is 5.03 Å². The van der Waals surface area contributed by atoms with E-state index in [4.69, 9.17) is 11.6 Å². The van der Waals surface area contributed by atoms with Crippen LogP contribution >= 0.6 is 23.4 Å². The van der Waals surface area contributed by atoms with Crippen molar-refractivity contribution in [3.8, 4) is 0 Å². The van der Waals surface area contributed by atoms with E-state index in [1.807, 2.05) is 18.4 Å². The molecule has 0 amide bonds. The van der Waals surface area contributed by atoms with Crippen molar-refractivity contribution in [2.24, 2.45) is 0 Å². The van der Waals surface area contributed by atoms with Crippen molar-refractivity contribution in [3.63, 3.8) is 0 Å². The lowest BCUT2D eigenvalue weighted by molar-refractivity contribution is 1.10. The predicted molar refractivity (Wildman–Crippen MR) is 54.1 cm³/mol. The summed E-state index contributed by atoms with van der Waals surface area (Å²) in [5.74, 6) is 0. The Morgan fingerprint density at radius 1 is 1.38 bits per heavy atom. The van der Waals surface area contributed by atoms with Crippen LogP contribution in [-0.2, 0) is 0 Å². The van der Waals surface area contributed by atoms with Gasteiger partial charge in [-0.1, -0.05) is 11.6 Å². The molecule has 13 heavy (non-hydrogen) atoms. The summed E-state index contributed by atoms with van der Waals surface area (Å²) >= 11 is 7.35. The number of fused-ring (bicyclic) bond motifs is 1. The summed E-state index contributed by atoms with van der Waals surface area (Å²) in [5, 5.41) is 1.15. The highest BCUT2D eigenvalue weighted by Crippen LogP contribution is 2.22. The highest BCUT2D eigenvalue weighted by Gasteiger charge is 2.04. The Labute approximate surface area is 84.6 Å². The molecule has 0 radical (unpaired) electrons. The van der Waals surface area contributed by atoms with Gasteiger partial charge in [0.1, 0.15) is 10.5 Å². The van der Waals surface area contributed by atoms with Crippen LogP contribution in [0.4, 0.5) is 0 Å². The standard InChI is InChI=1S/C8H6ClN3S/c1-13-8-6(9)12-7-5(11-8)3-2-4-10-7/h2-4H,1H3. The summed E-state index contributed by atoms with van der Waals surface area (Å²) in [5.41, 5.74) is 1.36. The molecule has 2 rings (SSSR count). The second kappa shape index (κ2) is 3.47. The van der Waals surface area contributed by atoms with E-state index in [2.05, 4.69) is 15.0 Å². The highest BCUT2D eigenvalue weighted by molar-refractivity contribution is 7.98. The van der Waals surface area contributed by atoms with Gasteiger partial charge < -0.3 is 0 Å². The molecule has 0 N–H and O–H groups in total. The van der Waals surface area contributed by atoms with Gasteiger partial charge in [-0.25, -0.2) is 15.0 Å². The third kappa shape index (κ3) is 1.59. The van der Waals surface area contributed by atoms with E-state index in [1.165, 1.54) is 11.8 Å². The molecular formula is C8H6ClN3S. The van der Waals surface area contributed by atoms with E-state index in [9.17, 15) is 0 Å². The first-order valence-electron chi connectivity index (χ1n) is 3.63. The molecule has 3 nitrogen and oxygen atoms in total. The number of rotatable bonds is 1. The van der Waals surface area contributed by atoms with E-state index in [-0.39, 0.29) is 0 Å². The molecule has 66 valence electrons. The monoisotopic (exact) mass is 211 g/mol.